The van der Waals surface area contributed by atoms with Crippen LogP contribution in [0.5, 0.6) is 5.75 Å². The highest BCUT2D eigenvalue weighted by atomic mass is 79.9. The van der Waals surface area contributed by atoms with E-state index >= 15 is 0 Å². The van der Waals surface area contributed by atoms with Crippen LogP contribution >= 0.6 is 15.9 Å². The molecule has 2 heterocycles. The number of phenols is 1. The smallest absolute Gasteiger partial charge is 0.237 e. The average Bonchev–Trinajstić information content (AvgIpc) is 2.73. The van der Waals surface area contributed by atoms with Crippen LogP contribution in [0.1, 0.15) is 43.2 Å². The molecule has 2 aromatic rings. The van der Waals surface area contributed by atoms with E-state index in [-0.39, 0.29) is 17.6 Å². The van der Waals surface area contributed by atoms with Crippen molar-refractivity contribution in [3.8, 4) is 5.75 Å². The Hall–Kier alpha value is -2.18. The van der Waals surface area contributed by atoms with Gasteiger partial charge in [-0.1, -0.05) is 40.2 Å². The third-order valence-corrected chi connectivity index (χ3v) is 7.06. The number of nitrogens with zero attached hydrogens (tertiary/aromatic N) is 1. The fourth-order valence-electron chi connectivity index (χ4n) is 4.83. The van der Waals surface area contributed by atoms with Crippen molar-refractivity contribution in [3.05, 3.63) is 64.1 Å². The SMILES string of the molecule is O=C1CCC(CC2CCN(Cc3ccc(Br)cc3)CC2)(c2cccc(O)c2)C(=O)N1. The van der Waals surface area contributed by atoms with Crippen molar-refractivity contribution >= 4 is 27.7 Å². The van der Waals surface area contributed by atoms with Crippen molar-refractivity contribution in [1.29, 1.82) is 0 Å². The summed E-state index contributed by atoms with van der Waals surface area (Å²) >= 11 is 3.48. The maximum absolute atomic E-state index is 13.0. The van der Waals surface area contributed by atoms with Gasteiger partial charge in [-0.05, 0) is 80.1 Å². The highest BCUT2D eigenvalue weighted by Crippen LogP contribution is 2.41. The lowest BCUT2D eigenvalue weighted by atomic mass is 9.67. The zero-order valence-corrected chi connectivity index (χ0v) is 18.5. The van der Waals surface area contributed by atoms with E-state index in [1.165, 1.54) is 5.56 Å². The maximum Gasteiger partial charge on any atom is 0.237 e. The third-order valence-electron chi connectivity index (χ3n) is 6.53. The standard InChI is InChI=1S/C24H27BrN2O3/c25-20-6-4-18(5-7-20)16-27-12-9-17(10-13-27)15-24(11-8-22(29)26-23(24)30)19-2-1-3-21(28)14-19/h1-7,14,17,28H,8-13,15-16H2,(H,26,29,30). The second-order valence-electron chi connectivity index (χ2n) is 8.56. The molecule has 4 rings (SSSR count). The molecule has 6 heteroatoms. The predicted octanol–water partition coefficient (Wildman–Crippen LogP) is 4.13. The van der Waals surface area contributed by atoms with Crippen LogP contribution in [0, 0.1) is 5.92 Å². The van der Waals surface area contributed by atoms with Gasteiger partial charge in [-0.3, -0.25) is 19.8 Å². The fourth-order valence-corrected chi connectivity index (χ4v) is 5.09. The van der Waals surface area contributed by atoms with Crippen molar-refractivity contribution in [1.82, 2.24) is 10.2 Å². The molecule has 2 aliphatic heterocycles. The van der Waals surface area contributed by atoms with Gasteiger partial charge in [0.2, 0.25) is 11.8 Å². The Morgan fingerprint density at radius 1 is 1.10 bits per heavy atom. The normalized spacial score (nSPS) is 23.4. The number of piperidine rings is 2. The van der Waals surface area contributed by atoms with Gasteiger partial charge >= 0.3 is 0 Å². The minimum absolute atomic E-state index is 0.154. The number of carbonyl (C=O) groups is 2. The highest BCUT2D eigenvalue weighted by Gasteiger charge is 2.46. The first-order valence-corrected chi connectivity index (χ1v) is 11.3. The van der Waals surface area contributed by atoms with Crippen LogP contribution in [0.4, 0.5) is 0 Å². The summed E-state index contributed by atoms with van der Waals surface area (Å²) < 4.78 is 1.09. The molecule has 2 aliphatic rings. The van der Waals surface area contributed by atoms with Crippen LogP contribution in [0.2, 0.25) is 0 Å². The van der Waals surface area contributed by atoms with Crippen LogP contribution in [0.25, 0.3) is 0 Å². The number of benzene rings is 2. The van der Waals surface area contributed by atoms with E-state index in [2.05, 4.69) is 50.4 Å². The van der Waals surface area contributed by atoms with Crippen molar-refractivity contribution in [2.45, 2.75) is 44.1 Å². The first-order valence-electron chi connectivity index (χ1n) is 10.6. The number of halogens is 1. The Morgan fingerprint density at radius 3 is 2.50 bits per heavy atom. The van der Waals surface area contributed by atoms with E-state index in [0.717, 1.165) is 42.5 Å². The molecule has 1 unspecified atom stereocenters. The zero-order chi connectivity index (χ0) is 21.1. The van der Waals surface area contributed by atoms with E-state index in [0.29, 0.717) is 25.2 Å². The highest BCUT2D eigenvalue weighted by molar-refractivity contribution is 9.10. The summed E-state index contributed by atoms with van der Waals surface area (Å²) in [6.07, 6.45) is 3.60. The average molecular weight is 471 g/mol. The number of amides is 2. The summed E-state index contributed by atoms with van der Waals surface area (Å²) in [5.41, 5.74) is 1.37. The molecular weight excluding hydrogens is 444 g/mol. The Morgan fingerprint density at radius 2 is 1.83 bits per heavy atom. The number of imide groups is 1. The van der Waals surface area contributed by atoms with E-state index < -0.39 is 5.41 Å². The summed E-state index contributed by atoms with van der Waals surface area (Å²) in [5, 5.41) is 12.5. The van der Waals surface area contributed by atoms with Gasteiger partial charge in [0, 0.05) is 17.4 Å². The van der Waals surface area contributed by atoms with Crippen molar-refractivity contribution in [3.63, 3.8) is 0 Å². The van der Waals surface area contributed by atoms with Crippen molar-refractivity contribution in [2.24, 2.45) is 5.92 Å². The van der Waals surface area contributed by atoms with Gasteiger partial charge < -0.3 is 5.11 Å². The van der Waals surface area contributed by atoms with Crippen LogP contribution in [-0.4, -0.2) is 34.9 Å². The molecule has 0 radical (unpaired) electrons. The maximum atomic E-state index is 13.0. The lowest BCUT2D eigenvalue weighted by molar-refractivity contribution is -0.138. The number of likely N-dealkylation sites (tertiary alicyclic amines) is 1. The molecule has 0 aliphatic carbocycles. The fraction of sp³-hybridized carbons (Fsp3) is 0.417. The number of hydrogen-bond donors (Lipinski definition) is 2. The minimum atomic E-state index is -0.745. The quantitative estimate of drug-likeness (QED) is 0.644. The summed E-state index contributed by atoms with van der Waals surface area (Å²) in [7, 11) is 0. The lowest BCUT2D eigenvalue weighted by Gasteiger charge is -2.41. The molecule has 0 aromatic heterocycles. The van der Waals surface area contributed by atoms with Gasteiger partial charge in [-0.2, -0.15) is 0 Å². The zero-order valence-electron chi connectivity index (χ0n) is 16.9. The third kappa shape index (κ3) is 4.60. The topological polar surface area (TPSA) is 69.6 Å². The van der Waals surface area contributed by atoms with Crippen molar-refractivity contribution < 1.29 is 14.7 Å². The monoisotopic (exact) mass is 470 g/mol. The molecule has 0 saturated carbocycles. The van der Waals surface area contributed by atoms with Gasteiger partial charge in [0.1, 0.15) is 5.75 Å². The van der Waals surface area contributed by atoms with Crippen LogP contribution in [0.3, 0.4) is 0 Å². The molecule has 2 amide bonds. The second-order valence-corrected chi connectivity index (χ2v) is 9.48. The molecule has 1 atom stereocenters. The summed E-state index contributed by atoms with van der Waals surface area (Å²) in [6.45, 7) is 2.93. The Labute approximate surface area is 185 Å². The number of carbonyl (C=O) groups excluding carboxylic acids is 2. The van der Waals surface area contributed by atoms with Crippen LogP contribution < -0.4 is 5.32 Å². The lowest BCUT2D eigenvalue weighted by Crippen LogP contribution is -2.52. The molecule has 2 saturated heterocycles. The second kappa shape index (κ2) is 8.90. The molecule has 2 aromatic carbocycles. The number of aromatic hydroxyl groups is 1. The van der Waals surface area contributed by atoms with Gasteiger partial charge in [0.15, 0.2) is 0 Å². The molecule has 158 valence electrons. The number of hydrogen-bond acceptors (Lipinski definition) is 4. The number of nitrogens with one attached hydrogen (secondary N) is 1. The molecule has 2 N–H and O–H groups in total. The molecule has 5 nitrogen and oxygen atoms in total. The predicted molar refractivity (Wildman–Crippen MR) is 119 cm³/mol. The van der Waals surface area contributed by atoms with Crippen molar-refractivity contribution in [2.75, 3.05) is 13.1 Å². The minimum Gasteiger partial charge on any atom is -0.508 e. The Kier molecular flexibility index (Phi) is 6.25. The van der Waals surface area contributed by atoms with Gasteiger partial charge in [-0.15, -0.1) is 0 Å². The van der Waals surface area contributed by atoms with Gasteiger partial charge in [-0.25, -0.2) is 0 Å². The summed E-state index contributed by atoms with van der Waals surface area (Å²) in [6, 6.07) is 15.4. The van der Waals surface area contributed by atoms with Crippen LogP contribution in [0.15, 0.2) is 53.0 Å². The molecule has 2 fully saturated rings. The van der Waals surface area contributed by atoms with Crippen LogP contribution in [-0.2, 0) is 21.5 Å². The van der Waals surface area contributed by atoms with Gasteiger partial charge in [0.05, 0.1) is 5.41 Å². The number of phenolic OH excluding ortho intramolecular Hbond substituents is 1. The van der Waals surface area contributed by atoms with E-state index in [9.17, 15) is 14.7 Å². The largest absolute Gasteiger partial charge is 0.508 e. The Balaban J connectivity index is 1.45. The summed E-state index contributed by atoms with van der Waals surface area (Å²) in [4.78, 5) is 27.3. The summed E-state index contributed by atoms with van der Waals surface area (Å²) in [5.74, 6) is 0.134. The Bertz CT molecular complexity index is 922. The molecule has 0 spiro atoms. The molecule has 0 bridgehead atoms. The van der Waals surface area contributed by atoms with E-state index in [1.54, 1.807) is 18.2 Å². The van der Waals surface area contributed by atoms with Gasteiger partial charge in [0.25, 0.3) is 0 Å². The van der Waals surface area contributed by atoms with E-state index in [4.69, 9.17) is 0 Å². The molecular formula is C24H27BrN2O3. The first-order chi connectivity index (χ1) is 14.4. The first kappa shape index (κ1) is 21.1. The van der Waals surface area contributed by atoms with E-state index in [1.807, 2.05) is 6.07 Å². The molecule has 30 heavy (non-hydrogen) atoms. The number of rotatable bonds is 5.